The van der Waals surface area contributed by atoms with Crippen LogP contribution in [0.15, 0.2) is 54.7 Å². The minimum Gasteiger partial charge on any atom is -0.491 e. The third-order valence-corrected chi connectivity index (χ3v) is 5.45. The van der Waals surface area contributed by atoms with Crippen molar-refractivity contribution in [2.75, 3.05) is 10.6 Å². The Morgan fingerprint density at radius 1 is 0.939 bits per heavy atom. The first kappa shape index (κ1) is 24.4. The van der Waals surface area contributed by atoms with Gasteiger partial charge >= 0.3 is 6.18 Å². The smallest absolute Gasteiger partial charge is 0.421 e. The number of nitrogens with zero attached hydrogens (tertiary/aromatic N) is 2. The average molecular weight is 459 g/mol. The molecule has 0 saturated heterocycles. The Bertz CT molecular complexity index is 1050. The Hall–Kier alpha value is -3.29. The molecule has 8 heteroatoms. The van der Waals surface area contributed by atoms with Gasteiger partial charge in [0, 0.05) is 23.6 Å². The molecule has 3 rings (SSSR count). The summed E-state index contributed by atoms with van der Waals surface area (Å²) >= 11 is 0. The molecule has 0 radical (unpaired) electrons. The number of anilines is 4. The second-order valence-electron chi connectivity index (χ2n) is 8.00. The van der Waals surface area contributed by atoms with Crippen LogP contribution in [-0.4, -0.2) is 16.1 Å². The fraction of sp³-hybridized carbons (Fsp3) is 0.360. The first-order chi connectivity index (χ1) is 15.7. The van der Waals surface area contributed by atoms with Crippen LogP contribution in [0.3, 0.4) is 0 Å². The molecule has 2 aromatic carbocycles. The van der Waals surface area contributed by atoms with Crippen LogP contribution in [0.2, 0.25) is 0 Å². The Morgan fingerprint density at radius 3 is 2.30 bits per heavy atom. The van der Waals surface area contributed by atoms with E-state index in [1.165, 1.54) is 5.56 Å². The number of rotatable bonds is 9. The highest BCUT2D eigenvalue weighted by atomic mass is 19.4. The van der Waals surface area contributed by atoms with Crippen LogP contribution in [0.1, 0.15) is 57.6 Å². The quantitative estimate of drug-likeness (QED) is 0.344. The van der Waals surface area contributed by atoms with Crippen molar-refractivity contribution >= 4 is 23.1 Å². The van der Waals surface area contributed by atoms with E-state index >= 15 is 0 Å². The van der Waals surface area contributed by atoms with E-state index in [-0.39, 0.29) is 17.9 Å². The molecule has 2 atom stereocenters. The zero-order valence-electron chi connectivity index (χ0n) is 19.2. The third-order valence-electron chi connectivity index (χ3n) is 5.45. The Kier molecular flexibility index (Phi) is 7.79. The summed E-state index contributed by atoms with van der Waals surface area (Å²) < 4.78 is 46.6. The first-order valence-corrected chi connectivity index (χ1v) is 11.0. The molecule has 0 saturated carbocycles. The molecule has 0 amide bonds. The van der Waals surface area contributed by atoms with Gasteiger partial charge < -0.3 is 15.4 Å². The highest BCUT2D eigenvalue weighted by molar-refractivity contribution is 5.64. The van der Waals surface area contributed by atoms with E-state index in [9.17, 15) is 13.2 Å². The maximum atomic E-state index is 13.6. The summed E-state index contributed by atoms with van der Waals surface area (Å²) in [5, 5.41) is 5.76. The van der Waals surface area contributed by atoms with E-state index in [0.29, 0.717) is 23.0 Å². The molecule has 2 N–H and O–H groups in total. The molecule has 0 aliphatic heterocycles. The molecule has 0 aliphatic rings. The summed E-state index contributed by atoms with van der Waals surface area (Å²) in [4.78, 5) is 7.99. The first-order valence-electron chi connectivity index (χ1n) is 11.0. The molecule has 0 bridgehead atoms. The van der Waals surface area contributed by atoms with E-state index < -0.39 is 11.7 Å². The number of ether oxygens (including phenoxy) is 1. The molecule has 1 aromatic heterocycles. The number of alkyl halides is 3. The molecule has 0 aliphatic carbocycles. The van der Waals surface area contributed by atoms with Crippen molar-refractivity contribution in [3.8, 4) is 5.75 Å². The summed E-state index contributed by atoms with van der Waals surface area (Å²) in [6.07, 6.45) is -2.00. The van der Waals surface area contributed by atoms with E-state index in [1.807, 2.05) is 38.1 Å². The Labute approximate surface area is 192 Å². The maximum absolute atomic E-state index is 13.6. The number of aromatic nitrogens is 2. The Balaban J connectivity index is 1.86. The third kappa shape index (κ3) is 6.60. The lowest BCUT2D eigenvalue weighted by Gasteiger charge is -2.17. The molecule has 2 unspecified atom stereocenters. The van der Waals surface area contributed by atoms with Gasteiger partial charge in [-0.1, -0.05) is 39.0 Å². The van der Waals surface area contributed by atoms with Gasteiger partial charge in [0.15, 0.2) is 0 Å². The number of nitrogens with one attached hydrogen (secondary N) is 2. The largest absolute Gasteiger partial charge is 0.491 e. The van der Waals surface area contributed by atoms with Crippen molar-refractivity contribution < 1.29 is 17.9 Å². The van der Waals surface area contributed by atoms with Crippen LogP contribution < -0.4 is 15.4 Å². The van der Waals surface area contributed by atoms with Crippen molar-refractivity contribution in [1.82, 2.24) is 9.97 Å². The van der Waals surface area contributed by atoms with Crippen molar-refractivity contribution in [2.24, 2.45) is 0 Å². The van der Waals surface area contributed by atoms with Crippen LogP contribution in [0.5, 0.6) is 5.75 Å². The predicted octanol–water partition coefficient (Wildman–Crippen LogP) is 7.67. The molecule has 0 spiro atoms. The molecule has 5 nitrogen and oxygen atoms in total. The van der Waals surface area contributed by atoms with E-state index in [4.69, 9.17) is 4.74 Å². The van der Waals surface area contributed by atoms with Gasteiger partial charge in [0.25, 0.3) is 0 Å². The summed E-state index contributed by atoms with van der Waals surface area (Å²) in [7, 11) is 0. The highest BCUT2D eigenvalue weighted by Gasteiger charge is 2.35. The van der Waals surface area contributed by atoms with Gasteiger partial charge in [-0.2, -0.15) is 18.2 Å². The lowest BCUT2D eigenvalue weighted by Crippen LogP contribution is -2.13. The lowest BCUT2D eigenvalue weighted by atomic mass is 9.99. The zero-order chi connectivity index (χ0) is 24.0. The van der Waals surface area contributed by atoms with E-state index in [0.717, 1.165) is 19.0 Å². The standard InChI is InChI=1S/C25H29F3N4O/c1-5-16(3)18-10-12-19(13-11-18)31-24-29-15-22(25(26,27)28)23(32-24)30-20-8-7-9-21(14-20)33-17(4)6-2/h7-17H,5-6H2,1-4H3,(H2,29,30,31,32). The van der Waals surface area contributed by atoms with Crippen molar-refractivity contribution in [2.45, 2.75) is 58.7 Å². The molecule has 0 fully saturated rings. The van der Waals surface area contributed by atoms with Gasteiger partial charge in [-0.25, -0.2) is 4.98 Å². The topological polar surface area (TPSA) is 59.1 Å². The van der Waals surface area contributed by atoms with Crippen LogP contribution in [0, 0.1) is 0 Å². The van der Waals surface area contributed by atoms with Gasteiger partial charge in [0.05, 0.1) is 6.10 Å². The van der Waals surface area contributed by atoms with Crippen molar-refractivity contribution in [3.05, 3.63) is 65.9 Å². The predicted molar refractivity (Wildman–Crippen MR) is 126 cm³/mol. The van der Waals surface area contributed by atoms with Gasteiger partial charge in [0.1, 0.15) is 17.1 Å². The molecule has 1 heterocycles. The molecule has 33 heavy (non-hydrogen) atoms. The molecule has 3 aromatic rings. The van der Waals surface area contributed by atoms with Crippen molar-refractivity contribution in [1.29, 1.82) is 0 Å². The number of benzene rings is 2. The number of halogens is 3. The number of hydrogen-bond acceptors (Lipinski definition) is 5. The van der Waals surface area contributed by atoms with Gasteiger partial charge in [-0.3, -0.25) is 0 Å². The normalized spacial score (nSPS) is 13.3. The van der Waals surface area contributed by atoms with Gasteiger partial charge in [-0.15, -0.1) is 0 Å². The SMILES string of the molecule is CCC(C)Oc1cccc(Nc2nc(Nc3ccc(C(C)CC)cc3)ncc2C(F)(F)F)c1. The average Bonchev–Trinajstić information content (AvgIpc) is 2.78. The second kappa shape index (κ2) is 10.6. The molecular formula is C25H29F3N4O. The molecule has 176 valence electrons. The molecular weight excluding hydrogens is 429 g/mol. The van der Waals surface area contributed by atoms with Crippen LogP contribution in [-0.2, 0) is 6.18 Å². The minimum absolute atomic E-state index is 0.00691. The summed E-state index contributed by atoms with van der Waals surface area (Å²) in [6, 6.07) is 14.5. The van der Waals surface area contributed by atoms with E-state index in [2.05, 4.69) is 34.4 Å². The lowest BCUT2D eigenvalue weighted by molar-refractivity contribution is -0.137. The highest BCUT2D eigenvalue weighted by Crippen LogP contribution is 2.36. The number of hydrogen-bond donors (Lipinski definition) is 2. The maximum Gasteiger partial charge on any atom is 0.421 e. The Morgan fingerprint density at radius 2 is 1.67 bits per heavy atom. The fourth-order valence-electron chi connectivity index (χ4n) is 3.10. The minimum atomic E-state index is -4.61. The van der Waals surface area contributed by atoms with Crippen LogP contribution in [0.4, 0.5) is 36.3 Å². The monoisotopic (exact) mass is 458 g/mol. The van der Waals surface area contributed by atoms with Gasteiger partial charge in [-0.05, 0) is 55.5 Å². The zero-order valence-corrected chi connectivity index (χ0v) is 19.2. The van der Waals surface area contributed by atoms with Crippen LogP contribution >= 0.6 is 0 Å². The van der Waals surface area contributed by atoms with E-state index in [1.54, 1.807) is 24.3 Å². The van der Waals surface area contributed by atoms with Crippen molar-refractivity contribution in [3.63, 3.8) is 0 Å². The van der Waals surface area contributed by atoms with Gasteiger partial charge in [0.2, 0.25) is 5.95 Å². The fourth-order valence-corrected chi connectivity index (χ4v) is 3.10. The van der Waals surface area contributed by atoms with Crippen LogP contribution in [0.25, 0.3) is 0 Å². The second-order valence-corrected chi connectivity index (χ2v) is 8.00. The summed E-state index contributed by atoms with van der Waals surface area (Å²) in [5.74, 6) is 0.722. The summed E-state index contributed by atoms with van der Waals surface area (Å²) in [5.41, 5.74) is 1.37. The summed E-state index contributed by atoms with van der Waals surface area (Å²) in [6.45, 7) is 8.19.